The first-order valence-corrected chi connectivity index (χ1v) is 10.1. The van der Waals surface area contributed by atoms with E-state index in [1.807, 2.05) is 27.7 Å². The molecule has 142 valence electrons. The Labute approximate surface area is 159 Å². The maximum atomic E-state index is 12.2. The Morgan fingerprint density at radius 2 is 2.00 bits per heavy atom. The number of carbonyl (C=O) groups is 2. The van der Waals surface area contributed by atoms with Gasteiger partial charge in [-0.3, -0.25) is 14.4 Å². The molecule has 0 aliphatic heterocycles. The Bertz CT molecular complexity index is 873. The molecule has 0 unspecified atom stereocenters. The zero-order chi connectivity index (χ0) is 19.4. The standard InChI is InChI=1S/C17H23N3O4S2/c1-8(2)18-13(21)6-24-17(23)11(5)25-7-12-19-15(22)14-9(3)10(4)26-16(14)20-12/h8,11H,6-7H2,1-5H3,(H,18,21)(H,19,20,22)/t11-/m1/s1. The molecule has 0 aromatic carbocycles. The van der Waals surface area contributed by atoms with Crippen LogP contribution in [0.15, 0.2) is 4.79 Å². The molecule has 0 aliphatic rings. The largest absolute Gasteiger partial charge is 0.455 e. The van der Waals surface area contributed by atoms with Gasteiger partial charge in [0, 0.05) is 10.9 Å². The van der Waals surface area contributed by atoms with E-state index in [1.165, 1.54) is 23.1 Å². The van der Waals surface area contributed by atoms with Crippen molar-refractivity contribution in [2.75, 3.05) is 6.61 Å². The van der Waals surface area contributed by atoms with Crippen molar-refractivity contribution in [3.63, 3.8) is 0 Å². The van der Waals surface area contributed by atoms with Crippen LogP contribution in [0.4, 0.5) is 0 Å². The van der Waals surface area contributed by atoms with Crippen LogP contribution in [0, 0.1) is 13.8 Å². The number of hydrogen-bond donors (Lipinski definition) is 2. The lowest BCUT2D eigenvalue weighted by Crippen LogP contribution is -2.34. The van der Waals surface area contributed by atoms with E-state index in [0.717, 1.165) is 10.4 Å². The molecule has 9 heteroatoms. The molecule has 0 aliphatic carbocycles. The summed E-state index contributed by atoms with van der Waals surface area (Å²) in [6, 6.07) is -0.00431. The monoisotopic (exact) mass is 397 g/mol. The van der Waals surface area contributed by atoms with Gasteiger partial charge in [-0.2, -0.15) is 0 Å². The van der Waals surface area contributed by atoms with Crippen LogP contribution >= 0.6 is 23.1 Å². The summed E-state index contributed by atoms with van der Waals surface area (Å²) in [6.07, 6.45) is 0. The molecule has 2 aromatic heterocycles. The van der Waals surface area contributed by atoms with Crippen molar-refractivity contribution >= 4 is 45.2 Å². The van der Waals surface area contributed by atoms with E-state index in [4.69, 9.17) is 4.74 Å². The van der Waals surface area contributed by atoms with Gasteiger partial charge in [0.25, 0.3) is 11.5 Å². The number of nitrogens with zero attached hydrogens (tertiary/aromatic N) is 1. The number of esters is 1. The number of aromatic amines is 1. The summed E-state index contributed by atoms with van der Waals surface area (Å²) in [7, 11) is 0. The first kappa shape index (κ1) is 20.4. The average molecular weight is 398 g/mol. The number of thiophene rings is 1. The van der Waals surface area contributed by atoms with Crippen LogP contribution in [0.1, 0.15) is 37.0 Å². The second-order valence-electron chi connectivity index (χ2n) is 6.26. The molecular formula is C17H23N3O4S2. The smallest absolute Gasteiger partial charge is 0.319 e. The molecule has 0 spiro atoms. The zero-order valence-electron chi connectivity index (χ0n) is 15.5. The Morgan fingerprint density at radius 1 is 1.31 bits per heavy atom. The number of nitrogens with one attached hydrogen (secondary N) is 2. The van der Waals surface area contributed by atoms with Crippen molar-refractivity contribution in [3.8, 4) is 0 Å². The van der Waals surface area contributed by atoms with Crippen molar-refractivity contribution in [2.24, 2.45) is 0 Å². The van der Waals surface area contributed by atoms with Gasteiger partial charge in [-0.15, -0.1) is 23.1 Å². The maximum absolute atomic E-state index is 12.2. The highest BCUT2D eigenvalue weighted by molar-refractivity contribution is 7.99. The predicted molar refractivity (Wildman–Crippen MR) is 105 cm³/mol. The topological polar surface area (TPSA) is 101 Å². The minimum absolute atomic E-state index is 0.00431. The van der Waals surface area contributed by atoms with E-state index in [9.17, 15) is 14.4 Å². The molecule has 0 fully saturated rings. The molecular weight excluding hydrogens is 374 g/mol. The Balaban J connectivity index is 1.93. The average Bonchev–Trinajstić information content (AvgIpc) is 2.84. The number of aromatic nitrogens is 2. The molecule has 1 amide bonds. The summed E-state index contributed by atoms with van der Waals surface area (Å²) in [4.78, 5) is 44.8. The molecule has 0 bridgehead atoms. The van der Waals surface area contributed by atoms with E-state index < -0.39 is 11.2 Å². The molecule has 0 radical (unpaired) electrons. The van der Waals surface area contributed by atoms with Gasteiger partial charge in [-0.1, -0.05) is 0 Å². The fourth-order valence-corrected chi connectivity index (χ4v) is 4.05. The lowest BCUT2D eigenvalue weighted by Gasteiger charge is -2.12. The predicted octanol–water partition coefficient (Wildman–Crippen LogP) is 2.29. The third-order valence-corrected chi connectivity index (χ3v) is 5.92. The molecule has 0 saturated heterocycles. The highest BCUT2D eigenvalue weighted by Crippen LogP contribution is 2.26. The SMILES string of the molecule is Cc1sc2nc(CS[C@H](C)C(=O)OCC(=O)NC(C)C)[nH]c(=O)c2c1C. The van der Waals surface area contributed by atoms with Crippen molar-refractivity contribution < 1.29 is 14.3 Å². The van der Waals surface area contributed by atoms with Crippen LogP contribution in [0.5, 0.6) is 0 Å². The van der Waals surface area contributed by atoms with Gasteiger partial charge in [0.15, 0.2) is 6.61 Å². The van der Waals surface area contributed by atoms with E-state index in [2.05, 4.69) is 15.3 Å². The molecule has 7 nitrogen and oxygen atoms in total. The van der Waals surface area contributed by atoms with E-state index in [1.54, 1.807) is 6.92 Å². The van der Waals surface area contributed by atoms with E-state index in [-0.39, 0.29) is 24.1 Å². The third-order valence-electron chi connectivity index (χ3n) is 3.69. The van der Waals surface area contributed by atoms with Gasteiger partial charge in [0.2, 0.25) is 0 Å². The zero-order valence-corrected chi connectivity index (χ0v) is 17.1. The molecule has 2 aromatic rings. The molecule has 2 heterocycles. The normalized spacial score (nSPS) is 12.4. The number of aryl methyl sites for hydroxylation is 2. The van der Waals surface area contributed by atoms with E-state index >= 15 is 0 Å². The van der Waals surface area contributed by atoms with Crippen LogP contribution in [-0.2, 0) is 20.1 Å². The van der Waals surface area contributed by atoms with Crippen LogP contribution in [-0.4, -0.2) is 39.7 Å². The van der Waals surface area contributed by atoms with Gasteiger partial charge in [-0.05, 0) is 40.2 Å². The fraction of sp³-hybridized carbons (Fsp3) is 0.529. The first-order chi connectivity index (χ1) is 12.2. The Kier molecular flexibility index (Phi) is 6.82. The molecule has 2 N–H and O–H groups in total. The van der Waals surface area contributed by atoms with Crippen LogP contribution in [0.25, 0.3) is 10.2 Å². The number of thioether (sulfide) groups is 1. The van der Waals surface area contributed by atoms with Gasteiger partial charge in [0.05, 0.1) is 11.1 Å². The van der Waals surface area contributed by atoms with Crippen molar-refractivity contribution in [2.45, 2.75) is 51.7 Å². The first-order valence-electron chi connectivity index (χ1n) is 8.25. The minimum atomic E-state index is -0.477. The molecule has 2 rings (SSSR count). The van der Waals surface area contributed by atoms with Crippen molar-refractivity contribution in [1.29, 1.82) is 0 Å². The summed E-state index contributed by atoms with van der Waals surface area (Å²) in [5, 5.41) is 2.81. The lowest BCUT2D eigenvalue weighted by molar-refractivity contribution is -0.147. The van der Waals surface area contributed by atoms with Crippen LogP contribution in [0.2, 0.25) is 0 Å². The van der Waals surface area contributed by atoms with Gasteiger partial charge in [0.1, 0.15) is 15.9 Å². The summed E-state index contributed by atoms with van der Waals surface area (Å²) in [5.74, 6) is 0.0897. The number of hydrogen-bond acceptors (Lipinski definition) is 7. The van der Waals surface area contributed by atoms with Crippen LogP contribution in [0.3, 0.4) is 0 Å². The van der Waals surface area contributed by atoms with Crippen molar-refractivity contribution in [3.05, 3.63) is 26.6 Å². The second-order valence-corrected chi connectivity index (χ2v) is 8.79. The molecule has 1 atom stereocenters. The molecule has 26 heavy (non-hydrogen) atoms. The summed E-state index contributed by atoms with van der Waals surface area (Å²) >= 11 is 2.78. The fourth-order valence-electron chi connectivity index (χ4n) is 2.26. The Hall–Kier alpha value is -1.87. The summed E-state index contributed by atoms with van der Waals surface area (Å²) in [6.45, 7) is 8.94. The molecule has 0 saturated carbocycles. The number of amides is 1. The number of ether oxygens (including phenoxy) is 1. The highest BCUT2D eigenvalue weighted by atomic mass is 32.2. The highest BCUT2D eigenvalue weighted by Gasteiger charge is 2.18. The van der Waals surface area contributed by atoms with Crippen LogP contribution < -0.4 is 10.9 Å². The second kappa shape index (κ2) is 8.68. The van der Waals surface area contributed by atoms with E-state index in [0.29, 0.717) is 21.8 Å². The lowest BCUT2D eigenvalue weighted by atomic mass is 10.2. The van der Waals surface area contributed by atoms with Gasteiger partial charge < -0.3 is 15.0 Å². The number of carbonyl (C=O) groups excluding carboxylic acids is 2. The van der Waals surface area contributed by atoms with Gasteiger partial charge >= 0.3 is 5.97 Å². The number of H-pyrrole nitrogens is 1. The maximum Gasteiger partial charge on any atom is 0.319 e. The summed E-state index contributed by atoms with van der Waals surface area (Å²) < 4.78 is 5.01. The third kappa shape index (κ3) is 5.07. The van der Waals surface area contributed by atoms with Crippen molar-refractivity contribution in [1.82, 2.24) is 15.3 Å². The number of rotatable bonds is 7. The summed E-state index contributed by atoms with van der Waals surface area (Å²) in [5.41, 5.74) is 0.794. The quantitative estimate of drug-likeness (QED) is 0.695. The van der Waals surface area contributed by atoms with Gasteiger partial charge in [-0.25, -0.2) is 4.98 Å². The minimum Gasteiger partial charge on any atom is -0.455 e. The number of fused-ring (bicyclic) bond motifs is 1. The Morgan fingerprint density at radius 3 is 2.65 bits per heavy atom.